The van der Waals surface area contributed by atoms with Gasteiger partial charge >= 0.3 is 5.97 Å². The van der Waals surface area contributed by atoms with Crippen LogP contribution in [0.1, 0.15) is 41.5 Å². The molecule has 14 heavy (non-hydrogen) atoms. The first-order chi connectivity index (χ1) is 6.61. The molecule has 0 fully saturated rings. The molecule has 0 aromatic carbocycles. The van der Waals surface area contributed by atoms with Crippen LogP contribution in [0.15, 0.2) is 0 Å². The Labute approximate surface area is 82.1 Å². The molecular weight excluding hydrogens is 184 g/mol. The van der Waals surface area contributed by atoms with E-state index in [1.54, 1.807) is 0 Å². The molecule has 1 aromatic heterocycles. The van der Waals surface area contributed by atoms with E-state index >= 15 is 0 Å². The van der Waals surface area contributed by atoms with Gasteiger partial charge < -0.3 is 9.84 Å². The van der Waals surface area contributed by atoms with E-state index < -0.39 is 5.97 Å². The number of ether oxygens (including phenoxy) is 1. The zero-order chi connectivity index (χ0) is 10.7. The smallest absolute Gasteiger partial charge is 0.358 e. The van der Waals surface area contributed by atoms with Gasteiger partial charge in [0.15, 0.2) is 5.69 Å². The van der Waals surface area contributed by atoms with Crippen molar-refractivity contribution < 1.29 is 14.6 Å². The molecule has 0 aliphatic carbocycles. The number of hydrogen-bond donors (Lipinski definition) is 2. The SMILES string of the molecule is COC(=O)c1n[nH]c(CO)c1C(C)C. The summed E-state index contributed by atoms with van der Waals surface area (Å²) in [4.78, 5) is 11.3. The zero-order valence-electron chi connectivity index (χ0n) is 8.50. The van der Waals surface area contributed by atoms with Crippen LogP contribution in [0.2, 0.25) is 0 Å². The van der Waals surface area contributed by atoms with Crippen LogP contribution >= 0.6 is 0 Å². The second-order valence-electron chi connectivity index (χ2n) is 3.27. The predicted molar refractivity (Wildman–Crippen MR) is 49.9 cm³/mol. The molecule has 0 atom stereocenters. The molecule has 0 saturated heterocycles. The van der Waals surface area contributed by atoms with Gasteiger partial charge in [0, 0.05) is 5.56 Å². The summed E-state index contributed by atoms with van der Waals surface area (Å²) in [6.07, 6.45) is 0. The van der Waals surface area contributed by atoms with E-state index in [0.717, 1.165) is 5.56 Å². The molecule has 5 heteroatoms. The van der Waals surface area contributed by atoms with Gasteiger partial charge in [-0.05, 0) is 5.92 Å². The number of rotatable bonds is 3. The number of H-pyrrole nitrogens is 1. The molecule has 0 radical (unpaired) electrons. The van der Waals surface area contributed by atoms with Crippen LogP contribution in [0, 0.1) is 0 Å². The monoisotopic (exact) mass is 198 g/mol. The van der Waals surface area contributed by atoms with Crippen LogP contribution in [0.3, 0.4) is 0 Å². The van der Waals surface area contributed by atoms with Gasteiger partial charge in [-0.1, -0.05) is 13.8 Å². The lowest BCUT2D eigenvalue weighted by Crippen LogP contribution is -2.07. The molecule has 0 amide bonds. The quantitative estimate of drug-likeness (QED) is 0.705. The molecule has 0 saturated carbocycles. The molecular formula is C9H14N2O3. The standard InChI is InChI=1S/C9H14N2O3/c1-5(2)7-6(4-12)10-11-8(7)9(13)14-3/h5,12H,4H2,1-3H3,(H,10,11). The molecule has 5 nitrogen and oxygen atoms in total. The number of nitrogens with one attached hydrogen (secondary N) is 1. The van der Waals surface area contributed by atoms with Crippen LogP contribution in [0.25, 0.3) is 0 Å². The molecule has 1 aromatic rings. The van der Waals surface area contributed by atoms with E-state index in [2.05, 4.69) is 14.9 Å². The number of aliphatic hydroxyl groups is 1. The summed E-state index contributed by atoms with van der Waals surface area (Å²) in [5.41, 5.74) is 1.55. The minimum atomic E-state index is -0.482. The van der Waals surface area contributed by atoms with Gasteiger partial charge in [0.05, 0.1) is 19.4 Å². The molecule has 0 bridgehead atoms. The first-order valence-electron chi connectivity index (χ1n) is 4.38. The molecule has 1 rings (SSSR count). The lowest BCUT2D eigenvalue weighted by Gasteiger charge is -2.06. The van der Waals surface area contributed by atoms with Crippen molar-refractivity contribution in [1.29, 1.82) is 0 Å². The topological polar surface area (TPSA) is 75.2 Å². The Morgan fingerprint density at radius 1 is 1.64 bits per heavy atom. The van der Waals surface area contributed by atoms with Gasteiger partial charge in [0.2, 0.25) is 0 Å². The molecule has 2 N–H and O–H groups in total. The summed E-state index contributed by atoms with van der Waals surface area (Å²) in [5.74, 6) is -0.366. The number of aromatic amines is 1. The van der Waals surface area contributed by atoms with Crippen LogP contribution in [0.4, 0.5) is 0 Å². The summed E-state index contributed by atoms with van der Waals surface area (Å²) in [6.45, 7) is 3.70. The molecule has 0 unspecified atom stereocenters. The Hall–Kier alpha value is -1.36. The highest BCUT2D eigenvalue weighted by atomic mass is 16.5. The summed E-state index contributed by atoms with van der Waals surface area (Å²) < 4.78 is 4.58. The van der Waals surface area contributed by atoms with Gasteiger partial charge in [-0.25, -0.2) is 4.79 Å². The van der Waals surface area contributed by atoms with E-state index in [1.165, 1.54) is 7.11 Å². The summed E-state index contributed by atoms with van der Waals surface area (Å²) in [5, 5.41) is 15.5. The minimum Gasteiger partial charge on any atom is -0.464 e. The lowest BCUT2D eigenvalue weighted by molar-refractivity contribution is 0.0592. The van der Waals surface area contributed by atoms with E-state index in [9.17, 15) is 4.79 Å². The van der Waals surface area contributed by atoms with Gasteiger partial charge in [-0.15, -0.1) is 0 Å². The average Bonchev–Trinajstić information content (AvgIpc) is 2.59. The third-order valence-corrected chi connectivity index (χ3v) is 2.00. The Morgan fingerprint density at radius 3 is 2.71 bits per heavy atom. The number of hydrogen-bond acceptors (Lipinski definition) is 4. The van der Waals surface area contributed by atoms with Crippen molar-refractivity contribution in [2.45, 2.75) is 26.4 Å². The summed E-state index contributed by atoms with van der Waals surface area (Å²) in [6, 6.07) is 0. The highest BCUT2D eigenvalue weighted by molar-refractivity contribution is 5.89. The second-order valence-corrected chi connectivity index (χ2v) is 3.27. The highest BCUT2D eigenvalue weighted by Crippen LogP contribution is 2.22. The van der Waals surface area contributed by atoms with E-state index in [-0.39, 0.29) is 18.2 Å². The van der Waals surface area contributed by atoms with Crippen molar-refractivity contribution in [1.82, 2.24) is 10.2 Å². The van der Waals surface area contributed by atoms with Gasteiger partial charge in [0.1, 0.15) is 0 Å². The van der Waals surface area contributed by atoms with Crippen molar-refractivity contribution in [3.05, 3.63) is 17.0 Å². The number of nitrogens with zero attached hydrogens (tertiary/aromatic N) is 1. The number of aromatic nitrogens is 2. The highest BCUT2D eigenvalue weighted by Gasteiger charge is 2.21. The normalized spacial score (nSPS) is 10.6. The summed E-state index contributed by atoms with van der Waals surface area (Å²) >= 11 is 0. The second kappa shape index (κ2) is 4.23. The fourth-order valence-electron chi connectivity index (χ4n) is 1.38. The number of aliphatic hydroxyl groups excluding tert-OH is 1. The van der Waals surface area contributed by atoms with Gasteiger partial charge in [0.25, 0.3) is 0 Å². The number of carbonyl (C=O) groups excluding carboxylic acids is 1. The first-order valence-corrected chi connectivity index (χ1v) is 4.38. The maximum absolute atomic E-state index is 11.3. The Bertz CT molecular complexity index is 331. The Morgan fingerprint density at radius 2 is 2.29 bits per heavy atom. The zero-order valence-corrected chi connectivity index (χ0v) is 8.50. The van der Waals surface area contributed by atoms with Crippen molar-refractivity contribution in [3.63, 3.8) is 0 Å². The number of methoxy groups -OCH3 is 1. The molecule has 1 heterocycles. The number of esters is 1. The van der Waals surface area contributed by atoms with Crippen LogP contribution in [-0.4, -0.2) is 28.4 Å². The van der Waals surface area contributed by atoms with Gasteiger partial charge in [-0.3, -0.25) is 5.10 Å². The summed E-state index contributed by atoms with van der Waals surface area (Å²) in [7, 11) is 1.31. The van der Waals surface area contributed by atoms with E-state index in [1.807, 2.05) is 13.8 Å². The van der Waals surface area contributed by atoms with Crippen LogP contribution in [0.5, 0.6) is 0 Å². The minimum absolute atomic E-state index is 0.116. The van der Waals surface area contributed by atoms with E-state index in [0.29, 0.717) is 5.69 Å². The maximum Gasteiger partial charge on any atom is 0.358 e. The predicted octanol–water partition coefficient (Wildman–Crippen LogP) is 0.812. The number of carbonyl (C=O) groups is 1. The van der Waals surface area contributed by atoms with Gasteiger partial charge in [-0.2, -0.15) is 5.10 Å². The fourth-order valence-corrected chi connectivity index (χ4v) is 1.38. The fraction of sp³-hybridized carbons (Fsp3) is 0.556. The first kappa shape index (κ1) is 10.7. The third-order valence-electron chi connectivity index (χ3n) is 2.00. The van der Waals surface area contributed by atoms with Crippen molar-refractivity contribution in [2.24, 2.45) is 0 Å². The molecule has 0 aliphatic rings. The molecule has 0 spiro atoms. The van der Waals surface area contributed by atoms with Crippen LogP contribution in [-0.2, 0) is 11.3 Å². The maximum atomic E-state index is 11.3. The van der Waals surface area contributed by atoms with E-state index in [4.69, 9.17) is 5.11 Å². The van der Waals surface area contributed by atoms with Crippen molar-refractivity contribution in [2.75, 3.05) is 7.11 Å². The van der Waals surface area contributed by atoms with Crippen molar-refractivity contribution >= 4 is 5.97 Å². The Balaban J connectivity index is 3.17. The molecule has 78 valence electrons. The third kappa shape index (κ3) is 1.77. The average molecular weight is 198 g/mol. The largest absolute Gasteiger partial charge is 0.464 e. The molecule has 0 aliphatic heterocycles. The van der Waals surface area contributed by atoms with Crippen molar-refractivity contribution in [3.8, 4) is 0 Å². The Kier molecular flexibility index (Phi) is 3.24. The lowest BCUT2D eigenvalue weighted by atomic mass is 10.0. The van der Waals surface area contributed by atoms with Crippen LogP contribution < -0.4 is 0 Å².